The van der Waals surface area contributed by atoms with Gasteiger partial charge in [-0.25, -0.2) is 0 Å². The Labute approximate surface area is 103 Å². The summed E-state index contributed by atoms with van der Waals surface area (Å²) in [6.45, 7) is 5.16. The van der Waals surface area contributed by atoms with Crippen molar-refractivity contribution in [1.82, 2.24) is 15.5 Å². The first-order valence-corrected chi connectivity index (χ1v) is 6.30. The number of hydrogen-bond acceptors (Lipinski definition) is 3. The van der Waals surface area contributed by atoms with E-state index in [1.165, 1.54) is 0 Å². The largest absolute Gasteiger partial charge is 0.354 e. The number of nitrogens with zero attached hydrogens (tertiary/aromatic N) is 1. The maximum absolute atomic E-state index is 11.9. The number of carbonyl (C=O) groups is 2. The highest BCUT2D eigenvalue weighted by Crippen LogP contribution is 2.11. The van der Waals surface area contributed by atoms with Crippen LogP contribution in [0.1, 0.15) is 33.1 Å². The van der Waals surface area contributed by atoms with Gasteiger partial charge in [0.1, 0.15) is 0 Å². The molecule has 0 aromatic carbocycles. The van der Waals surface area contributed by atoms with Crippen molar-refractivity contribution in [2.45, 2.75) is 45.2 Å². The molecule has 0 radical (unpaired) electrons. The van der Waals surface area contributed by atoms with E-state index in [0.717, 1.165) is 19.4 Å². The molecule has 0 aromatic heterocycles. The van der Waals surface area contributed by atoms with Crippen LogP contribution in [0.15, 0.2) is 0 Å². The summed E-state index contributed by atoms with van der Waals surface area (Å²) in [5, 5.41) is 5.84. The van der Waals surface area contributed by atoms with Crippen molar-refractivity contribution in [3.63, 3.8) is 0 Å². The minimum atomic E-state index is -0.0723. The molecule has 1 aliphatic rings. The summed E-state index contributed by atoms with van der Waals surface area (Å²) in [6, 6.07) is 0.0847. The van der Waals surface area contributed by atoms with Gasteiger partial charge < -0.3 is 15.5 Å². The van der Waals surface area contributed by atoms with E-state index in [-0.39, 0.29) is 23.9 Å². The second-order valence-electron chi connectivity index (χ2n) is 4.78. The molecule has 1 atom stereocenters. The number of nitrogens with one attached hydrogen (secondary N) is 2. The molecule has 0 aromatic rings. The van der Waals surface area contributed by atoms with E-state index in [1.54, 1.807) is 11.9 Å². The molecule has 2 N–H and O–H groups in total. The average molecular weight is 241 g/mol. The Balaban J connectivity index is 2.35. The van der Waals surface area contributed by atoms with E-state index in [2.05, 4.69) is 10.6 Å². The highest BCUT2D eigenvalue weighted by molar-refractivity contribution is 5.83. The third-order valence-corrected chi connectivity index (χ3v) is 2.94. The van der Waals surface area contributed by atoms with Gasteiger partial charge in [-0.3, -0.25) is 9.59 Å². The highest BCUT2D eigenvalue weighted by atomic mass is 16.2. The second-order valence-corrected chi connectivity index (χ2v) is 4.78. The number of likely N-dealkylation sites (tertiary alicyclic amines) is 1. The molecule has 1 heterocycles. The van der Waals surface area contributed by atoms with Crippen LogP contribution in [-0.2, 0) is 9.59 Å². The van der Waals surface area contributed by atoms with Crippen LogP contribution in [0.3, 0.4) is 0 Å². The molecule has 1 aliphatic heterocycles. The minimum Gasteiger partial charge on any atom is -0.354 e. The summed E-state index contributed by atoms with van der Waals surface area (Å²) in [7, 11) is 1.80. The van der Waals surface area contributed by atoms with Crippen LogP contribution in [0.5, 0.6) is 0 Å². The summed E-state index contributed by atoms with van der Waals surface area (Å²) in [4.78, 5) is 25.2. The molecule has 17 heavy (non-hydrogen) atoms. The SMILES string of the molecule is CNC1CCCN(CCC(=O)NC(C)C)C1=O. The molecular formula is C12H23N3O2. The topological polar surface area (TPSA) is 61.4 Å². The van der Waals surface area contributed by atoms with Gasteiger partial charge in [-0.15, -0.1) is 0 Å². The van der Waals surface area contributed by atoms with E-state index in [9.17, 15) is 9.59 Å². The van der Waals surface area contributed by atoms with Gasteiger partial charge >= 0.3 is 0 Å². The summed E-state index contributed by atoms with van der Waals surface area (Å²) in [6.07, 6.45) is 2.29. The zero-order valence-electron chi connectivity index (χ0n) is 11.0. The molecular weight excluding hydrogens is 218 g/mol. The Kier molecular flexibility index (Phi) is 5.41. The van der Waals surface area contributed by atoms with Crippen molar-refractivity contribution in [1.29, 1.82) is 0 Å². The van der Waals surface area contributed by atoms with Gasteiger partial charge in [0.15, 0.2) is 0 Å². The molecule has 0 saturated carbocycles. The van der Waals surface area contributed by atoms with Crippen molar-refractivity contribution in [3.8, 4) is 0 Å². The quantitative estimate of drug-likeness (QED) is 0.718. The first-order valence-electron chi connectivity index (χ1n) is 6.30. The number of carbonyl (C=O) groups excluding carboxylic acids is 2. The fourth-order valence-corrected chi connectivity index (χ4v) is 2.06. The Morgan fingerprint density at radius 1 is 1.53 bits per heavy atom. The monoisotopic (exact) mass is 241 g/mol. The second kappa shape index (κ2) is 6.59. The molecule has 0 bridgehead atoms. The molecule has 5 heteroatoms. The van der Waals surface area contributed by atoms with Crippen LogP contribution in [0.2, 0.25) is 0 Å². The Morgan fingerprint density at radius 2 is 2.24 bits per heavy atom. The normalized spacial score (nSPS) is 20.8. The van der Waals surface area contributed by atoms with Crippen LogP contribution in [0.25, 0.3) is 0 Å². The maximum Gasteiger partial charge on any atom is 0.239 e. The molecule has 2 amide bonds. The number of likely N-dealkylation sites (N-methyl/N-ethyl adjacent to an activating group) is 1. The van der Waals surface area contributed by atoms with Crippen LogP contribution in [-0.4, -0.2) is 48.9 Å². The first-order chi connectivity index (χ1) is 8.04. The van der Waals surface area contributed by atoms with E-state index < -0.39 is 0 Å². The molecule has 98 valence electrons. The average Bonchev–Trinajstić information content (AvgIpc) is 2.27. The smallest absolute Gasteiger partial charge is 0.239 e. The van der Waals surface area contributed by atoms with E-state index in [0.29, 0.717) is 13.0 Å². The summed E-state index contributed by atoms with van der Waals surface area (Å²) in [5.41, 5.74) is 0. The number of rotatable bonds is 5. The fraction of sp³-hybridized carbons (Fsp3) is 0.833. The molecule has 1 saturated heterocycles. The van der Waals surface area contributed by atoms with E-state index in [4.69, 9.17) is 0 Å². The fourth-order valence-electron chi connectivity index (χ4n) is 2.06. The van der Waals surface area contributed by atoms with Crippen LogP contribution in [0, 0.1) is 0 Å². The third kappa shape index (κ3) is 4.34. The predicted octanol–water partition coefficient (Wildman–Crippen LogP) is 0.112. The lowest BCUT2D eigenvalue weighted by Gasteiger charge is -2.32. The molecule has 0 spiro atoms. The van der Waals surface area contributed by atoms with Crippen molar-refractivity contribution >= 4 is 11.8 Å². The van der Waals surface area contributed by atoms with E-state index >= 15 is 0 Å². The number of piperidine rings is 1. The standard InChI is InChI=1S/C12H23N3O2/c1-9(2)14-11(16)6-8-15-7-4-5-10(13-3)12(15)17/h9-10,13H,4-8H2,1-3H3,(H,14,16). The lowest BCUT2D eigenvalue weighted by atomic mass is 10.0. The number of amides is 2. The van der Waals surface area contributed by atoms with Gasteiger partial charge in [0.25, 0.3) is 0 Å². The Morgan fingerprint density at radius 3 is 2.82 bits per heavy atom. The molecule has 0 aliphatic carbocycles. The van der Waals surface area contributed by atoms with Gasteiger partial charge in [-0.05, 0) is 33.7 Å². The van der Waals surface area contributed by atoms with Gasteiger partial charge in [0, 0.05) is 25.6 Å². The van der Waals surface area contributed by atoms with Crippen LogP contribution < -0.4 is 10.6 Å². The van der Waals surface area contributed by atoms with Gasteiger partial charge in [0.05, 0.1) is 6.04 Å². The van der Waals surface area contributed by atoms with Crippen molar-refractivity contribution in [3.05, 3.63) is 0 Å². The molecule has 1 rings (SSSR count). The van der Waals surface area contributed by atoms with Crippen LogP contribution >= 0.6 is 0 Å². The third-order valence-electron chi connectivity index (χ3n) is 2.94. The van der Waals surface area contributed by atoms with Gasteiger partial charge in [-0.2, -0.15) is 0 Å². The lowest BCUT2D eigenvalue weighted by Crippen LogP contribution is -2.50. The molecule has 1 fully saturated rings. The Hall–Kier alpha value is -1.10. The molecule has 5 nitrogen and oxygen atoms in total. The van der Waals surface area contributed by atoms with Crippen molar-refractivity contribution < 1.29 is 9.59 Å². The summed E-state index contributed by atoms with van der Waals surface area (Å²) < 4.78 is 0. The predicted molar refractivity (Wildman–Crippen MR) is 66.6 cm³/mol. The van der Waals surface area contributed by atoms with Crippen molar-refractivity contribution in [2.75, 3.05) is 20.1 Å². The zero-order valence-corrected chi connectivity index (χ0v) is 11.0. The minimum absolute atomic E-state index is 0.0133. The van der Waals surface area contributed by atoms with E-state index in [1.807, 2.05) is 13.8 Å². The number of hydrogen-bond donors (Lipinski definition) is 2. The lowest BCUT2D eigenvalue weighted by molar-refractivity contribution is -0.136. The van der Waals surface area contributed by atoms with Crippen molar-refractivity contribution in [2.24, 2.45) is 0 Å². The molecule has 1 unspecified atom stereocenters. The first kappa shape index (κ1) is 14.0. The van der Waals surface area contributed by atoms with Crippen LogP contribution in [0.4, 0.5) is 0 Å². The summed E-state index contributed by atoms with van der Waals surface area (Å²) in [5.74, 6) is 0.135. The summed E-state index contributed by atoms with van der Waals surface area (Å²) >= 11 is 0. The Bertz CT molecular complexity index is 279. The zero-order chi connectivity index (χ0) is 12.8. The van der Waals surface area contributed by atoms with Gasteiger partial charge in [-0.1, -0.05) is 0 Å². The maximum atomic E-state index is 11.9. The highest BCUT2D eigenvalue weighted by Gasteiger charge is 2.27. The van der Waals surface area contributed by atoms with Gasteiger partial charge in [0.2, 0.25) is 11.8 Å².